The Morgan fingerprint density at radius 2 is 2.18 bits per heavy atom. The Balaban J connectivity index is 1.07. The number of nitrogens with zero attached hydrogens (tertiary/aromatic N) is 1. The number of aryl methyl sites for hydroxylation is 1. The molecule has 34 heavy (non-hydrogen) atoms. The van der Waals surface area contributed by atoms with E-state index in [1.807, 2.05) is 29.5 Å². The van der Waals surface area contributed by atoms with Gasteiger partial charge in [0, 0.05) is 51.9 Å². The van der Waals surface area contributed by atoms with Crippen LogP contribution >= 0.6 is 22.9 Å². The first-order valence-corrected chi connectivity index (χ1v) is 13.8. The van der Waals surface area contributed by atoms with Crippen molar-refractivity contribution in [2.24, 2.45) is 5.92 Å². The van der Waals surface area contributed by atoms with E-state index >= 15 is 0 Å². The van der Waals surface area contributed by atoms with Gasteiger partial charge >= 0.3 is 6.09 Å². The fourth-order valence-corrected chi connectivity index (χ4v) is 7.22. The van der Waals surface area contributed by atoms with Gasteiger partial charge in [-0.2, -0.15) is 0 Å². The van der Waals surface area contributed by atoms with Gasteiger partial charge in [-0.3, -0.25) is 0 Å². The smallest absolute Gasteiger partial charge is 0.407 e. The number of amides is 1. The van der Waals surface area contributed by atoms with E-state index in [4.69, 9.17) is 21.1 Å². The molecule has 1 saturated carbocycles. The molecule has 5 rings (SSSR count). The number of likely N-dealkylation sites (tertiary alicyclic amines) is 1. The number of hydrogen-bond acceptors (Lipinski definition) is 5. The van der Waals surface area contributed by atoms with Crippen LogP contribution < -0.4 is 5.32 Å². The number of piperidine rings is 1. The minimum Gasteiger partial charge on any atom is -0.445 e. The lowest BCUT2D eigenvalue weighted by Crippen LogP contribution is -2.54. The van der Waals surface area contributed by atoms with E-state index < -0.39 is 0 Å². The first kappa shape index (κ1) is 24.1. The van der Waals surface area contributed by atoms with Crippen LogP contribution in [-0.2, 0) is 34.5 Å². The van der Waals surface area contributed by atoms with Crippen molar-refractivity contribution in [2.75, 3.05) is 19.7 Å². The topological polar surface area (TPSA) is 50.8 Å². The van der Waals surface area contributed by atoms with Gasteiger partial charge in [-0.25, -0.2) is 4.79 Å². The van der Waals surface area contributed by atoms with Crippen LogP contribution in [0.1, 0.15) is 60.4 Å². The maximum absolute atomic E-state index is 12.2. The lowest BCUT2D eigenvalue weighted by Gasteiger charge is -2.49. The zero-order valence-corrected chi connectivity index (χ0v) is 21.7. The lowest BCUT2D eigenvalue weighted by atomic mass is 9.76. The number of nitrogens with one attached hydrogen (secondary N) is 1. The van der Waals surface area contributed by atoms with Gasteiger partial charge in [-0.1, -0.05) is 36.7 Å². The summed E-state index contributed by atoms with van der Waals surface area (Å²) in [5, 5.41) is 3.63. The Morgan fingerprint density at radius 1 is 1.35 bits per heavy atom. The van der Waals surface area contributed by atoms with Gasteiger partial charge in [0.1, 0.15) is 6.61 Å². The Kier molecular flexibility index (Phi) is 7.22. The minimum atomic E-state index is -0.357. The second-order valence-corrected chi connectivity index (χ2v) is 11.8. The van der Waals surface area contributed by atoms with Crippen molar-refractivity contribution < 1.29 is 14.3 Å². The predicted octanol–water partition coefficient (Wildman–Crippen LogP) is 5.92. The minimum absolute atomic E-state index is 0.0808. The Labute approximate surface area is 211 Å². The molecule has 1 saturated heterocycles. The number of fused-ring (bicyclic) bond motifs is 2. The van der Waals surface area contributed by atoms with Gasteiger partial charge in [0.05, 0.1) is 12.2 Å². The van der Waals surface area contributed by atoms with Crippen LogP contribution in [0.2, 0.25) is 5.02 Å². The molecule has 1 aromatic carbocycles. The van der Waals surface area contributed by atoms with Gasteiger partial charge in [-0.05, 0) is 62.6 Å². The Morgan fingerprint density at radius 3 is 2.94 bits per heavy atom. The summed E-state index contributed by atoms with van der Waals surface area (Å²) in [6, 6.07) is 10.6. The highest BCUT2D eigenvalue weighted by atomic mass is 35.5. The fourth-order valence-electron chi connectivity index (χ4n) is 5.85. The SMILES string of the molecule is CCc1cc2c(s1)CCO[C@@]21CCN(CC2CC(NC(=O)OCc3ccccc3Cl)C2)[C@@H](C)C1. The normalized spacial score (nSPS) is 28.9. The molecular formula is C27H35ClN2O3S. The van der Waals surface area contributed by atoms with E-state index in [2.05, 4.69) is 30.1 Å². The molecule has 0 radical (unpaired) electrons. The molecule has 5 nitrogen and oxygen atoms in total. The number of benzene rings is 1. The van der Waals surface area contributed by atoms with E-state index in [9.17, 15) is 4.79 Å². The molecule has 2 atom stereocenters. The quantitative estimate of drug-likeness (QED) is 0.532. The van der Waals surface area contributed by atoms with Gasteiger partial charge < -0.3 is 19.7 Å². The summed E-state index contributed by atoms with van der Waals surface area (Å²) in [5.74, 6) is 0.626. The standard InChI is InChI=1S/C27H35ClN2O3S/c1-3-22-14-23-25(34-22)8-11-33-27(23)9-10-30(18(2)15-27)16-19-12-21(13-19)29-26(31)32-17-20-6-4-5-7-24(20)28/h4-7,14,18-19,21H,3,8-13,15-17H2,1-2H3,(H,29,31)/t18-,19?,21?,27+/m0/s1. The number of ether oxygens (including phenoxy) is 2. The fraction of sp³-hybridized carbons (Fsp3) is 0.593. The van der Waals surface area contributed by atoms with Crippen molar-refractivity contribution >= 4 is 29.0 Å². The molecule has 1 amide bonds. The van der Waals surface area contributed by atoms with Gasteiger partial charge in [-0.15, -0.1) is 11.3 Å². The largest absolute Gasteiger partial charge is 0.445 e. The molecule has 7 heteroatoms. The second-order valence-electron chi connectivity index (χ2n) is 10.1. The maximum atomic E-state index is 12.2. The molecule has 184 valence electrons. The van der Waals surface area contributed by atoms with Crippen molar-refractivity contribution in [1.29, 1.82) is 0 Å². The Bertz CT molecular complexity index is 1020. The van der Waals surface area contributed by atoms with Crippen molar-refractivity contribution in [1.82, 2.24) is 10.2 Å². The third kappa shape index (κ3) is 5.01. The molecule has 3 aliphatic rings. The van der Waals surface area contributed by atoms with Crippen molar-refractivity contribution in [3.8, 4) is 0 Å². The molecule has 1 N–H and O–H groups in total. The van der Waals surface area contributed by atoms with Crippen molar-refractivity contribution in [2.45, 2.75) is 76.7 Å². The molecule has 1 aliphatic carbocycles. The molecule has 1 aromatic heterocycles. The zero-order chi connectivity index (χ0) is 23.7. The number of rotatable bonds is 6. The van der Waals surface area contributed by atoms with Crippen molar-refractivity contribution in [3.05, 3.63) is 56.2 Å². The molecule has 0 unspecified atom stereocenters. The highest BCUT2D eigenvalue weighted by molar-refractivity contribution is 7.12. The number of halogens is 1. The molecule has 2 fully saturated rings. The number of alkyl carbamates (subject to hydrolysis) is 1. The average Bonchev–Trinajstić information content (AvgIpc) is 3.24. The zero-order valence-electron chi connectivity index (χ0n) is 20.1. The van der Waals surface area contributed by atoms with E-state index in [-0.39, 0.29) is 24.3 Å². The second kappa shape index (κ2) is 10.2. The van der Waals surface area contributed by atoms with Crippen LogP contribution in [0.4, 0.5) is 4.79 Å². The van der Waals surface area contributed by atoms with E-state index in [1.54, 1.807) is 10.9 Å². The highest BCUT2D eigenvalue weighted by Gasteiger charge is 2.45. The van der Waals surface area contributed by atoms with Crippen LogP contribution in [0.15, 0.2) is 30.3 Å². The summed E-state index contributed by atoms with van der Waals surface area (Å²) in [4.78, 5) is 17.9. The van der Waals surface area contributed by atoms with E-state index in [1.165, 1.54) is 10.4 Å². The van der Waals surface area contributed by atoms with Gasteiger partial charge in [0.2, 0.25) is 0 Å². The number of carbonyl (C=O) groups is 1. The van der Waals surface area contributed by atoms with E-state index in [0.29, 0.717) is 17.0 Å². The predicted molar refractivity (Wildman–Crippen MR) is 137 cm³/mol. The number of hydrogen-bond donors (Lipinski definition) is 1. The van der Waals surface area contributed by atoms with Crippen LogP contribution in [0, 0.1) is 5.92 Å². The van der Waals surface area contributed by atoms with Gasteiger partial charge in [0.15, 0.2) is 0 Å². The number of thiophene rings is 1. The first-order chi connectivity index (χ1) is 16.5. The van der Waals surface area contributed by atoms with Crippen LogP contribution in [0.25, 0.3) is 0 Å². The monoisotopic (exact) mass is 502 g/mol. The molecule has 2 aliphatic heterocycles. The summed E-state index contributed by atoms with van der Waals surface area (Å²) < 4.78 is 11.8. The number of carbonyl (C=O) groups excluding carboxylic acids is 1. The third-order valence-corrected chi connectivity index (χ3v) is 9.53. The molecule has 2 aromatic rings. The maximum Gasteiger partial charge on any atom is 0.407 e. The Hall–Kier alpha value is -1.60. The first-order valence-electron chi connectivity index (χ1n) is 12.6. The van der Waals surface area contributed by atoms with Crippen LogP contribution in [0.5, 0.6) is 0 Å². The molecule has 3 heterocycles. The average molecular weight is 503 g/mol. The summed E-state index contributed by atoms with van der Waals surface area (Å²) in [6.45, 7) is 7.82. The molecular weight excluding hydrogens is 468 g/mol. The van der Waals surface area contributed by atoms with Crippen LogP contribution in [-0.4, -0.2) is 42.8 Å². The summed E-state index contributed by atoms with van der Waals surface area (Å²) in [7, 11) is 0. The molecule has 0 bridgehead atoms. The summed E-state index contributed by atoms with van der Waals surface area (Å²) in [6.07, 6.45) is 6.00. The van der Waals surface area contributed by atoms with Gasteiger partial charge in [0.25, 0.3) is 0 Å². The molecule has 1 spiro atoms. The van der Waals surface area contributed by atoms with Crippen molar-refractivity contribution in [3.63, 3.8) is 0 Å². The van der Waals surface area contributed by atoms with E-state index in [0.717, 1.165) is 63.8 Å². The third-order valence-electron chi connectivity index (χ3n) is 7.83. The highest BCUT2D eigenvalue weighted by Crippen LogP contribution is 2.46. The summed E-state index contributed by atoms with van der Waals surface area (Å²) >= 11 is 8.12. The summed E-state index contributed by atoms with van der Waals surface area (Å²) in [5.41, 5.74) is 2.23. The lowest BCUT2D eigenvalue weighted by molar-refractivity contribution is -0.114. The van der Waals surface area contributed by atoms with Crippen LogP contribution in [0.3, 0.4) is 0 Å².